The second kappa shape index (κ2) is 5.10. The van der Waals surface area contributed by atoms with E-state index in [9.17, 15) is 4.39 Å². The van der Waals surface area contributed by atoms with Gasteiger partial charge in [0, 0.05) is 28.1 Å². The van der Waals surface area contributed by atoms with Crippen molar-refractivity contribution < 1.29 is 4.39 Å². The molecule has 0 fully saturated rings. The predicted octanol–water partition coefficient (Wildman–Crippen LogP) is 4.93. The Balaban J connectivity index is 2.04. The maximum absolute atomic E-state index is 13.0. The third-order valence-electron chi connectivity index (χ3n) is 3.25. The highest BCUT2D eigenvalue weighted by molar-refractivity contribution is 7.12. The Bertz CT molecular complexity index is 637. The molecule has 1 aromatic heterocycles. The van der Waals surface area contributed by atoms with Gasteiger partial charge >= 0.3 is 0 Å². The van der Waals surface area contributed by atoms with Crippen molar-refractivity contribution in [3.63, 3.8) is 0 Å². The average molecular weight is 271 g/mol. The molecular formula is C16H14FNS. The van der Waals surface area contributed by atoms with Gasteiger partial charge in [-0.25, -0.2) is 4.39 Å². The van der Waals surface area contributed by atoms with E-state index in [0.717, 1.165) is 12.0 Å². The fraction of sp³-hybridized carbons (Fsp3) is 0.188. The van der Waals surface area contributed by atoms with Crippen LogP contribution in [0.15, 0.2) is 47.6 Å². The first kappa shape index (κ1) is 12.3. The average Bonchev–Trinajstić information content (AvgIpc) is 2.83. The van der Waals surface area contributed by atoms with Gasteiger partial charge in [-0.1, -0.05) is 18.2 Å². The zero-order valence-corrected chi connectivity index (χ0v) is 11.5. The highest BCUT2D eigenvalue weighted by Crippen LogP contribution is 2.38. The number of hydrogen-bond donors (Lipinski definition) is 0. The van der Waals surface area contributed by atoms with Crippen LogP contribution in [0.3, 0.4) is 0 Å². The van der Waals surface area contributed by atoms with Gasteiger partial charge in [0.05, 0.1) is 0 Å². The second-order valence-electron chi connectivity index (χ2n) is 4.66. The van der Waals surface area contributed by atoms with Crippen molar-refractivity contribution in [3.05, 3.63) is 58.2 Å². The number of thiophene rings is 1. The first-order chi connectivity index (χ1) is 9.24. The number of hydrogen-bond acceptors (Lipinski definition) is 2. The van der Waals surface area contributed by atoms with Crippen LogP contribution >= 0.6 is 11.3 Å². The number of benzene rings is 1. The van der Waals surface area contributed by atoms with Crippen molar-refractivity contribution >= 4 is 17.6 Å². The second-order valence-corrected chi connectivity index (χ2v) is 5.95. The molecule has 1 aromatic carbocycles. The van der Waals surface area contributed by atoms with Crippen LogP contribution in [0.25, 0.3) is 11.1 Å². The van der Waals surface area contributed by atoms with Gasteiger partial charge in [-0.05, 0) is 42.7 Å². The molecule has 2 heterocycles. The van der Waals surface area contributed by atoms with Crippen molar-refractivity contribution in [2.45, 2.75) is 19.3 Å². The van der Waals surface area contributed by atoms with E-state index < -0.39 is 0 Å². The van der Waals surface area contributed by atoms with Crippen molar-refractivity contribution in [2.75, 3.05) is 0 Å². The largest absolute Gasteiger partial charge is 0.269 e. The third-order valence-corrected chi connectivity index (χ3v) is 4.43. The summed E-state index contributed by atoms with van der Waals surface area (Å²) in [5, 5.41) is 0. The summed E-state index contributed by atoms with van der Waals surface area (Å²) in [7, 11) is 0. The molecule has 2 aromatic rings. The highest BCUT2D eigenvalue weighted by atomic mass is 32.1. The van der Waals surface area contributed by atoms with E-state index in [2.05, 4.69) is 24.1 Å². The number of halogens is 1. The molecule has 3 rings (SSSR count). The van der Waals surface area contributed by atoms with Gasteiger partial charge < -0.3 is 0 Å². The van der Waals surface area contributed by atoms with Crippen LogP contribution in [0, 0.1) is 12.7 Å². The molecule has 1 unspecified atom stereocenters. The molecule has 1 nitrogen and oxygen atoms in total. The Morgan fingerprint density at radius 3 is 2.74 bits per heavy atom. The van der Waals surface area contributed by atoms with E-state index in [1.165, 1.54) is 27.5 Å². The van der Waals surface area contributed by atoms with Crippen LogP contribution in [-0.4, -0.2) is 6.21 Å². The SMILES string of the molecule is Cc1cc(-c2ccc(F)cc2)c(C2C=CN=CC2)s1. The molecule has 1 aliphatic heterocycles. The summed E-state index contributed by atoms with van der Waals surface area (Å²) in [6, 6.07) is 8.92. The molecule has 0 N–H and O–H groups in total. The van der Waals surface area contributed by atoms with Crippen LogP contribution in [0.1, 0.15) is 22.1 Å². The lowest BCUT2D eigenvalue weighted by Crippen LogP contribution is -1.98. The number of nitrogens with zero attached hydrogens (tertiary/aromatic N) is 1. The number of allylic oxidation sites excluding steroid dienone is 1. The zero-order valence-electron chi connectivity index (χ0n) is 10.6. The zero-order chi connectivity index (χ0) is 13.2. The standard InChI is InChI=1S/C16H14FNS/c1-11-10-15(12-2-4-14(17)5-3-12)16(19-11)13-6-8-18-9-7-13/h2-6,8-10,13H,7H2,1H3. The molecule has 1 aliphatic rings. The maximum atomic E-state index is 13.0. The minimum absolute atomic E-state index is 0.193. The number of aryl methyl sites for hydroxylation is 1. The van der Waals surface area contributed by atoms with E-state index in [1.807, 2.05) is 35.9 Å². The molecule has 1 atom stereocenters. The van der Waals surface area contributed by atoms with E-state index in [4.69, 9.17) is 0 Å². The molecule has 0 saturated heterocycles. The fourth-order valence-corrected chi connectivity index (χ4v) is 3.46. The van der Waals surface area contributed by atoms with Crippen LogP contribution in [-0.2, 0) is 0 Å². The van der Waals surface area contributed by atoms with Crippen LogP contribution in [0.4, 0.5) is 4.39 Å². The summed E-state index contributed by atoms with van der Waals surface area (Å²) in [5.74, 6) is 0.193. The summed E-state index contributed by atoms with van der Waals surface area (Å²) < 4.78 is 13.0. The van der Waals surface area contributed by atoms with Gasteiger partial charge in [-0.3, -0.25) is 4.99 Å². The normalized spacial score (nSPS) is 17.9. The Morgan fingerprint density at radius 1 is 1.26 bits per heavy atom. The smallest absolute Gasteiger partial charge is 0.123 e. The lowest BCUT2D eigenvalue weighted by molar-refractivity contribution is 0.628. The Kier molecular flexibility index (Phi) is 3.30. The molecule has 0 bridgehead atoms. The van der Waals surface area contributed by atoms with E-state index in [-0.39, 0.29) is 5.82 Å². The van der Waals surface area contributed by atoms with Gasteiger partial charge in [0.15, 0.2) is 0 Å². The van der Waals surface area contributed by atoms with Crippen molar-refractivity contribution in [1.82, 2.24) is 0 Å². The molecule has 19 heavy (non-hydrogen) atoms. The van der Waals surface area contributed by atoms with E-state index >= 15 is 0 Å². The number of rotatable bonds is 2. The van der Waals surface area contributed by atoms with E-state index in [1.54, 1.807) is 0 Å². The quantitative estimate of drug-likeness (QED) is 0.734. The summed E-state index contributed by atoms with van der Waals surface area (Å²) in [6.45, 7) is 2.11. The molecule has 0 amide bonds. The predicted molar refractivity (Wildman–Crippen MR) is 79.4 cm³/mol. The third kappa shape index (κ3) is 2.51. The maximum Gasteiger partial charge on any atom is 0.123 e. The summed E-state index contributed by atoms with van der Waals surface area (Å²) in [6.07, 6.45) is 6.88. The lowest BCUT2D eigenvalue weighted by atomic mass is 9.96. The molecule has 3 heteroatoms. The topological polar surface area (TPSA) is 12.4 Å². The Hall–Kier alpha value is -1.74. The van der Waals surface area contributed by atoms with Gasteiger partial charge in [-0.15, -0.1) is 11.3 Å². The molecular weight excluding hydrogens is 257 g/mol. The monoisotopic (exact) mass is 271 g/mol. The summed E-state index contributed by atoms with van der Waals surface area (Å²) in [4.78, 5) is 6.75. The molecule has 96 valence electrons. The van der Waals surface area contributed by atoms with Gasteiger partial charge in [0.25, 0.3) is 0 Å². The summed E-state index contributed by atoms with van der Waals surface area (Å²) >= 11 is 1.81. The fourth-order valence-electron chi connectivity index (χ4n) is 2.32. The van der Waals surface area contributed by atoms with Crippen LogP contribution < -0.4 is 0 Å². The van der Waals surface area contributed by atoms with Crippen molar-refractivity contribution in [3.8, 4) is 11.1 Å². The van der Waals surface area contributed by atoms with Crippen molar-refractivity contribution in [1.29, 1.82) is 0 Å². The Labute approximate surface area is 116 Å². The molecule has 0 aliphatic carbocycles. The lowest BCUT2D eigenvalue weighted by Gasteiger charge is -2.13. The van der Waals surface area contributed by atoms with Crippen LogP contribution in [0.2, 0.25) is 0 Å². The van der Waals surface area contributed by atoms with Gasteiger partial charge in [0.1, 0.15) is 5.82 Å². The molecule has 0 spiro atoms. The summed E-state index contributed by atoms with van der Waals surface area (Å²) in [5.41, 5.74) is 2.30. The van der Waals surface area contributed by atoms with Crippen molar-refractivity contribution in [2.24, 2.45) is 4.99 Å². The molecule has 0 radical (unpaired) electrons. The Morgan fingerprint density at radius 2 is 2.05 bits per heavy atom. The first-order valence-corrected chi connectivity index (χ1v) is 7.10. The highest BCUT2D eigenvalue weighted by Gasteiger charge is 2.17. The molecule has 0 saturated carbocycles. The van der Waals surface area contributed by atoms with Gasteiger partial charge in [-0.2, -0.15) is 0 Å². The van der Waals surface area contributed by atoms with E-state index in [0.29, 0.717) is 5.92 Å². The number of aliphatic imine (C=N–C) groups is 1. The van der Waals surface area contributed by atoms with Crippen LogP contribution in [0.5, 0.6) is 0 Å². The first-order valence-electron chi connectivity index (χ1n) is 6.28. The van der Waals surface area contributed by atoms with Gasteiger partial charge in [0.2, 0.25) is 0 Å². The minimum atomic E-state index is -0.193. The minimum Gasteiger partial charge on any atom is -0.269 e.